The third-order valence-corrected chi connectivity index (χ3v) is 4.91. The molecule has 0 aliphatic rings. The standard InChI is InChI=1S/C13H12BrClN2O2S/c14-10-2-4-11(5-3-10)17-20(18,19)12-6-1-9(8-16)13(15)7-12/h1-7,17H,8,16H2. The summed E-state index contributed by atoms with van der Waals surface area (Å²) in [6.45, 7) is 0.263. The van der Waals surface area contributed by atoms with Gasteiger partial charge in [-0.2, -0.15) is 0 Å². The fourth-order valence-corrected chi connectivity index (χ4v) is 3.26. The van der Waals surface area contributed by atoms with Gasteiger partial charge in [-0.05, 0) is 42.0 Å². The monoisotopic (exact) mass is 374 g/mol. The van der Waals surface area contributed by atoms with Gasteiger partial charge in [-0.3, -0.25) is 4.72 Å². The van der Waals surface area contributed by atoms with E-state index in [-0.39, 0.29) is 11.4 Å². The number of anilines is 1. The molecule has 0 aliphatic heterocycles. The topological polar surface area (TPSA) is 72.2 Å². The lowest BCUT2D eigenvalue weighted by Crippen LogP contribution is -2.13. The van der Waals surface area contributed by atoms with E-state index in [9.17, 15) is 8.42 Å². The Morgan fingerprint density at radius 2 is 1.80 bits per heavy atom. The summed E-state index contributed by atoms with van der Waals surface area (Å²) in [6, 6.07) is 11.3. The lowest BCUT2D eigenvalue weighted by molar-refractivity contribution is 0.601. The number of benzene rings is 2. The van der Waals surface area contributed by atoms with Crippen LogP contribution in [0.25, 0.3) is 0 Å². The van der Waals surface area contributed by atoms with Crippen LogP contribution in [-0.2, 0) is 16.6 Å². The molecule has 0 spiro atoms. The summed E-state index contributed by atoms with van der Waals surface area (Å²) in [4.78, 5) is 0.0996. The Hall–Kier alpha value is -1.08. The average Bonchev–Trinajstić information content (AvgIpc) is 2.41. The van der Waals surface area contributed by atoms with E-state index >= 15 is 0 Å². The third-order valence-electron chi connectivity index (χ3n) is 2.65. The highest BCUT2D eigenvalue weighted by atomic mass is 79.9. The molecule has 0 fully saturated rings. The normalized spacial score (nSPS) is 11.3. The van der Waals surface area contributed by atoms with E-state index in [2.05, 4.69) is 20.7 Å². The lowest BCUT2D eigenvalue weighted by atomic mass is 10.2. The minimum atomic E-state index is -3.66. The number of rotatable bonds is 4. The molecule has 4 nitrogen and oxygen atoms in total. The van der Waals surface area contributed by atoms with Gasteiger partial charge in [-0.1, -0.05) is 33.6 Å². The molecular formula is C13H12BrClN2O2S. The van der Waals surface area contributed by atoms with E-state index < -0.39 is 10.0 Å². The molecule has 0 heterocycles. The minimum absolute atomic E-state index is 0.0996. The molecule has 0 amide bonds. The highest BCUT2D eigenvalue weighted by Gasteiger charge is 2.15. The van der Waals surface area contributed by atoms with E-state index in [0.717, 1.165) is 4.47 Å². The summed E-state index contributed by atoms with van der Waals surface area (Å²) in [5.74, 6) is 0. The first-order valence-corrected chi connectivity index (χ1v) is 8.34. The smallest absolute Gasteiger partial charge is 0.261 e. The van der Waals surface area contributed by atoms with Crippen molar-refractivity contribution >= 4 is 43.2 Å². The fraction of sp³-hybridized carbons (Fsp3) is 0.0769. The van der Waals surface area contributed by atoms with Crippen molar-refractivity contribution in [3.63, 3.8) is 0 Å². The maximum atomic E-state index is 12.2. The van der Waals surface area contributed by atoms with Gasteiger partial charge in [-0.25, -0.2) is 8.42 Å². The minimum Gasteiger partial charge on any atom is -0.326 e. The van der Waals surface area contributed by atoms with Crippen LogP contribution in [0.3, 0.4) is 0 Å². The summed E-state index contributed by atoms with van der Waals surface area (Å²) in [5, 5.41) is 0.339. The van der Waals surface area contributed by atoms with E-state index in [4.69, 9.17) is 17.3 Å². The second kappa shape index (κ2) is 6.13. The summed E-state index contributed by atoms with van der Waals surface area (Å²) in [6.07, 6.45) is 0. The highest BCUT2D eigenvalue weighted by molar-refractivity contribution is 9.10. The van der Waals surface area contributed by atoms with Crippen LogP contribution in [0, 0.1) is 0 Å². The largest absolute Gasteiger partial charge is 0.326 e. The van der Waals surface area contributed by atoms with Crippen molar-refractivity contribution in [3.05, 3.63) is 57.5 Å². The molecule has 0 bridgehead atoms. The van der Waals surface area contributed by atoms with Crippen LogP contribution in [0.5, 0.6) is 0 Å². The van der Waals surface area contributed by atoms with Gasteiger partial charge in [0.05, 0.1) is 4.90 Å². The van der Waals surface area contributed by atoms with E-state index in [0.29, 0.717) is 16.3 Å². The Kier molecular flexibility index (Phi) is 4.70. The van der Waals surface area contributed by atoms with Gasteiger partial charge in [0.2, 0.25) is 0 Å². The molecule has 0 unspecified atom stereocenters. The predicted molar refractivity (Wildman–Crippen MR) is 84.3 cm³/mol. The van der Waals surface area contributed by atoms with Crippen molar-refractivity contribution in [2.24, 2.45) is 5.73 Å². The van der Waals surface area contributed by atoms with Crippen LogP contribution in [0.15, 0.2) is 51.8 Å². The van der Waals surface area contributed by atoms with Crippen molar-refractivity contribution in [2.45, 2.75) is 11.4 Å². The highest BCUT2D eigenvalue weighted by Crippen LogP contribution is 2.23. The maximum Gasteiger partial charge on any atom is 0.261 e. The Balaban J connectivity index is 2.30. The van der Waals surface area contributed by atoms with E-state index in [1.807, 2.05) is 0 Å². The second-order valence-corrected chi connectivity index (χ2v) is 7.08. The average molecular weight is 376 g/mol. The molecule has 2 aromatic rings. The van der Waals surface area contributed by atoms with Crippen molar-refractivity contribution in [1.29, 1.82) is 0 Å². The molecule has 0 saturated heterocycles. The first-order valence-electron chi connectivity index (χ1n) is 5.69. The van der Waals surface area contributed by atoms with Crippen molar-refractivity contribution in [2.75, 3.05) is 4.72 Å². The summed E-state index contributed by atoms with van der Waals surface area (Å²) >= 11 is 9.27. The molecule has 20 heavy (non-hydrogen) atoms. The van der Waals surface area contributed by atoms with Crippen LogP contribution in [0.2, 0.25) is 5.02 Å². The summed E-state index contributed by atoms with van der Waals surface area (Å²) in [5.41, 5.74) is 6.68. The summed E-state index contributed by atoms with van der Waals surface area (Å²) < 4.78 is 27.8. The van der Waals surface area contributed by atoms with E-state index in [1.165, 1.54) is 12.1 Å². The molecule has 0 saturated carbocycles. The van der Waals surface area contributed by atoms with Gasteiger partial charge in [0.15, 0.2) is 0 Å². The molecule has 7 heteroatoms. The van der Waals surface area contributed by atoms with Crippen molar-refractivity contribution in [1.82, 2.24) is 0 Å². The Morgan fingerprint density at radius 1 is 1.15 bits per heavy atom. The lowest BCUT2D eigenvalue weighted by Gasteiger charge is -2.09. The quantitative estimate of drug-likeness (QED) is 0.860. The molecule has 0 aliphatic carbocycles. The number of hydrogen-bond donors (Lipinski definition) is 2. The first kappa shape index (κ1) is 15.3. The molecule has 0 atom stereocenters. The van der Waals surface area contributed by atoms with Crippen LogP contribution in [0.4, 0.5) is 5.69 Å². The molecule has 2 aromatic carbocycles. The number of nitrogens with one attached hydrogen (secondary N) is 1. The second-order valence-electron chi connectivity index (χ2n) is 4.07. The number of nitrogens with two attached hydrogens (primary N) is 1. The van der Waals surface area contributed by atoms with Gasteiger partial charge in [0.1, 0.15) is 0 Å². The fourth-order valence-electron chi connectivity index (χ4n) is 1.59. The number of hydrogen-bond acceptors (Lipinski definition) is 3. The van der Waals surface area contributed by atoms with Crippen molar-refractivity contribution < 1.29 is 8.42 Å². The van der Waals surface area contributed by atoms with Crippen LogP contribution < -0.4 is 10.5 Å². The Bertz CT molecular complexity index is 718. The number of sulfonamides is 1. The van der Waals surface area contributed by atoms with Gasteiger partial charge < -0.3 is 5.73 Å². The molecule has 0 radical (unpaired) electrons. The Labute approximate surface area is 131 Å². The molecule has 106 valence electrons. The zero-order valence-corrected chi connectivity index (χ0v) is 13.5. The number of halogens is 2. The molecule has 3 N–H and O–H groups in total. The third kappa shape index (κ3) is 3.52. The maximum absolute atomic E-state index is 12.2. The van der Waals surface area contributed by atoms with Gasteiger partial charge in [0.25, 0.3) is 10.0 Å². The Morgan fingerprint density at radius 3 is 2.35 bits per heavy atom. The van der Waals surface area contributed by atoms with Crippen LogP contribution in [-0.4, -0.2) is 8.42 Å². The van der Waals surface area contributed by atoms with Gasteiger partial charge in [0, 0.05) is 21.7 Å². The zero-order chi connectivity index (χ0) is 14.8. The summed E-state index contributed by atoms with van der Waals surface area (Å²) in [7, 11) is -3.66. The van der Waals surface area contributed by atoms with Gasteiger partial charge >= 0.3 is 0 Å². The zero-order valence-electron chi connectivity index (χ0n) is 10.3. The van der Waals surface area contributed by atoms with Crippen LogP contribution >= 0.6 is 27.5 Å². The molecular weight excluding hydrogens is 364 g/mol. The predicted octanol–water partition coefficient (Wildman–Crippen LogP) is 3.36. The van der Waals surface area contributed by atoms with Gasteiger partial charge in [-0.15, -0.1) is 0 Å². The molecule has 0 aromatic heterocycles. The first-order chi connectivity index (χ1) is 9.42. The van der Waals surface area contributed by atoms with E-state index in [1.54, 1.807) is 30.3 Å². The SMILES string of the molecule is NCc1ccc(S(=O)(=O)Nc2ccc(Br)cc2)cc1Cl. The van der Waals surface area contributed by atoms with Crippen molar-refractivity contribution in [3.8, 4) is 0 Å². The molecule has 2 rings (SSSR count). The van der Waals surface area contributed by atoms with Crippen LogP contribution in [0.1, 0.15) is 5.56 Å².